The van der Waals surface area contributed by atoms with E-state index in [-0.39, 0.29) is 11.4 Å². The third-order valence-electron chi connectivity index (χ3n) is 3.75. The zero-order valence-electron chi connectivity index (χ0n) is 14.1. The van der Waals surface area contributed by atoms with Crippen LogP contribution in [0.15, 0.2) is 59.5 Å². The van der Waals surface area contributed by atoms with E-state index in [1.807, 2.05) is 18.2 Å². The SMILES string of the molecule is C/C(=C\C(=O)O)c1ccc(CCNS(=O)(=O)c2ccc(C#N)cc2)cc1. The van der Waals surface area contributed by atoms with Crippen LogP contribution in [0.2, 0.25) is 0 Å². The predicted molar refractivity (Wildman–Crippen MR) is 97.8 cm³/mol. The molecule has 0 atom stereocenters. The smallest absolute Gasteiger partial charge is 0.328 e. The van der Waals surface area contributed by atoms with E-state index in [0.29, 0.717) is 17.6 Å². The Morgan fingerprint density at radius 2 is 1.77 bits per heavy atom. The van der Waals surface area contributed by atoms with Crippen molar-refractivity contribution in [2.75, 3.05) is 6.54 Å². The largest absolute Gasteiger partial charge is 0.478 e. The monoisotopic (exact) mass is 370 g/mol. The minimum atomic E-state index is -3.62. The molecule has 7 heteroatoms. The van der Waals surface area contributed by atoms with Crippen molar-refractivity contribution >= 4 is 21.6 Å². The Labute approximate surface area is 152 Å². The first kappa shape index (κ1) is 19.4. The summed E-state index contributed by atoms with van der Waals surface area (Å²) in [5, 5.41) is 17.5. The molecule has 2 rings (SSSR count). The first-order valence-electron chi connectivity index (χ1n) is 7.82. The highest BCUT2D eigenvalue weighted by Crippen LogP contribution is 2.15. The molecule has 0 unspecified atom stereocenters. The average molecular weight is 370 g/mol. The molecular weight excluding hydrogens is 352 g/mol. The molecular formula is C19H18N2O4S. The first-order chi connectivity index (χ1) is 12.3. The van der Waals surface area contributed by atoms with Crippen LogP contribution in [0.4, 0.5) is 0 Å². The number of aliphatic carboxylic acids is 1. The molecule has 0 saturated carbocycles. The molecule has 26 heavy (non-hydrogen) atoms. The van der Waals surface area contributed by atoms with Crippen molar-refractivity contribution in [3.63, 3.8) is 0 Å². The maximum absolute atomic E-state index is 12.2. The summed E-state index contributed by atoms with van der Waals surface area (Å²) in [5.74, 6) is -0.996. The van der Waals surface area contributed by atoms with E-state index in [2.05, 4.69) is 4.72 Å². The summed E-state index contributed by atoms with van der Waals surface area (Å²) in [4.78, 5) is 10.8. The zero-order chi connectivity index (χ0) is 19.2. The minimum absolute atomic E-state index is 0.112. The van der Waals surface area contributed by atoms with Gasteiger partial charge in [0.2, 0.25) is 10.0 Å². The Morgan fingerprint density at radius 3 is 2.31 bits per heavy atom. The quantitative estimate of drug-likeness (QED) is 0.729. The molecule has 0 aliphatic rings. The fraction of sp³-hybridized carbons (Fsp3) is 0.158. The van der Waals surface area contributed by atoms with Gasteiger partial charge in [-0.1, -0.05) is 24.3 Å². The van der Waals surface area contributed by atoms with Crippen molar-refractivity contribution in [2.24, 2.45) is 0 Å². The molecule has 2 N–H and O–H groups in total. The van der Waals surface area contributed by atoms with E-state index in [1.54, 1.807) is 19.1 Å². The number of carboxylic acids is 1. The highest BCUT2D eigenvalue weighted by Gasteiger charge is 2.13. The van der Waals surface area contributed by atoms with Gasteiger partial charge in [-0.05, 0) is 54.3 Å². The van der Waals surface area contributed by atoms with E-state index in [4.69, 9.17) is 10.4 Å². The second-order valence-electron chi connectivity index (χ2n) is 5.65. The number of allylic oxidation sites excluding steroid dienone is 1. The highest BCUT2D eigenvalue weighted by molar-refractivity contribution is 7.89. The number of nitrogens with one attached hydrogen (secondary N) is 1. The predicted octanol–water partition coefficient (Wildman–Crippen LogP) is 2.57. The van der Waals surface area contributed by atoms with Gasteiger partial charge in [-0.15, -0.1) is 0 Å². The molecule has 0 amide bonds. The standard InChI is InChI=1S/C19H18N2O4S/c1-14(12-19(22)23)17-6-2-15(3-7-17)10-11-21-26(24,25)18-8-4-16(13-20)5-9-18/h2-9,12,21H,10-11H2,1H3,(H,22,23)/b14-12+. The van der Waals surface area contributed by atoms with Crippen LogP contribution in [0.1, 0.15) is 23.6 Å². The Bertz CT molecular complexity index is 954. The van der Waals surface area contributed by atoms with Crippen LogP contribution in [-0.2, 0) is 21.2 Å². The molecule has 2 aromatic carbocycles. The number of carboxylic acid groups (broad SMARTS) is 1. The molecule has 0 aromatic heterocycles. The van der Waals surface area contributed by atoms with E-state index in [0.717, 1.165) is 17.2 Å². The summed E-state index contributed by atoms with van der Waals surface area (Å²) < 4.78 is 26.9. The summed E-state index contributed by atoms with van der Waals surface area (Å²) >= 11 is 0. The Kier molecular flexibility index (Phi) is 6.28. The lowest BCUT2D eigenvalue weighted by atomic mass is 10.0. The zero-order valence-corrected chi connectivity index (χ0v) is 15.0. The number of nitrogens with zero attached hydrogens (tertiary/aromatic N) is 1. The van der Waals surface area contributed by atoms with Gasteiger partial charge >= 0.3 is 5.97 Å². The summed E-state index contributed by atoms with van der Waals surface area (Å²) in [6.45, 7) is 1.94. The summed E-state index contributed by atoms with van der Waals surface area (Å²) in [5.41, 5.74) is 2.77. The first-order valence-corrected chi connectivity index (χ1v) is 9.30. The number of hydrogen-bond donors (Lipinski definition) is 2. The number of hydrogen-bond acceptors (Lipinski definition) is 4. The van der Waals surface area contributed by atoms with Gasteiger partial charge in [0.1, 0.15) is 0 Å². The van der Waals surface area contributed by atoms with Gasteiger partial charge in [0, 0.05) is 12.6 Å². The van der Waals surface area contributed by atoms with Crippen LogP contribution < -0.4 is 4.72 Å². The van der Waals surface area contributed by atoms with Crippen molar-refractivity contribution in [1.29, 1.82) is 5.26 Å². The lowest BCUT2D eigenvalue weighted by molar-refractivity contribution is -0.131. The van der Waals surface area contributed by atoms with Crippen LogP contribution in [-0.4, -0.2) is 26.0 Å². The van der Waals surface area contributed by atoms with Gasteiger partial charge in [0.05, 0.1) is 16.5 Å². The molecule has 0 fully saturated rings. The normalized spacial score (nSPS) is 11.8. The summed E-state index contributed by atoms with van der Waals surface area (Å²) in [6.07, 6.45) is 1.64. The fourth-order valence-electron chi connectivity index (χ4n) is 2.32. The fourth-order valence-corrected chi connectivity index (χ4v) is 3.36. The number of rotatable bonds is 7. The lowest BCUT2D eigenvalue weighted by Gasteiger charge is -2.08. The van der Waals surface area contributed by atoms with Crippen molar-refractivity contribution in [3.8, 4) is 6.07 Å². The second-order valence-corrected chi connectivity index (χ2v) is 7.41. The number of benzene rings is 2. The summed E-state index contributed by atoms with van der Waals surface area (Å²) in [7, 11) is -3.62. The number of carbonyl (C=O) groups is 1. The van der Waals surface area contributed by atoms with Gasteiger partial charge in [-0.3, -0.25) is 0 Å². The molecule has 0 bridgehead atoms. The van der Waals surface area contributed by atoms with Crippen LogP contribution >= 0.6 is 0 Å². The van der Waals surface area contributed by atoms with Gasteiger partial charge in [0.25, 0.3) is 0 Å². The maximum Gasteiger partial charge on any atom is 0.328 e. The molecule has 134 valence electrons. The number of sulfonamides is 1. The van der Waals surface area contributed by atoms with Gasteiger partial charge in [0.15, 0.2) is 0 Å². The average Bonchev–Trinajstić information content (AvgIpc) is 2.61. The van der Waals surface area contributed by atoms with E-state index < -0.39 is 16.0 Å². The third-order valence-corrected chi connectivity index (χ3v) is 5.23. The molecule has 0 radical (unpaired) electrons. The van der Waals surface area contributed by atoms with Crippen LogP contribution in [0, 0.1) is 11.3 Å². The number of nitriles is 1. The third kappa shape index (κ3) is 5.28. The van der Waals surface area contributed by atoms with Gasteiger partial charge in [-0.2, -0.15) is 5.26 Å². The topological polar surface area (TPSA) is 107 Å². The van der Waals surface area contributed by atoms with Crippen molar-refractivity contribution in [3.05, 3.63) is 71.3 Å². The Hall–Kier alpha value is -2.95. The van der Waals surface area contributed by atoms with Gasteiger partial charge in [-0.25, -0.2) is 17.9 Å². The Balaban J connectivity index is 1.96. The molecule has 0 aliphatic carbocycles. The molecule has 0 spiro atoms. The van der Waals surface area contributed by atoms with Crippen LogP contribution in [0.25, 0.3) is 5.57 Å². The van der Waals surface area contributed by atoms with Crippen molar-refractivity contribution in [2.45, 2.75) is 18.2 Å². The van der Waals surface area contributed by atoms with E-state index in [9.17, 15) is 13.2 Å². The maximum atomic E-state index is 12.2. The van der Waals surface area contributed by atoms with E-state index >= 15 is 0 Å². The lowest BCUT2D eigenvalue weighted by Crippen LogP contribution is -2.26. The van der Waals surface area contributed by atoms with Gasteiger partial charge < -0.3 is 5.11 Å². The Morgan fingerprint density at radius 1 is 1.15 bits per heavy atom. The van der Waals surface area contributed by atoms with Crippen molar-refractivity contribution in [1.82, 2.24) is 4.72 Å². The minimum Gasteiger partial charge on any atom is -0.478 e. The van der Waals surface area contributed by atoms with Crippen LogP contribution in [0.5, 0.6) is 0 Å². The van der Waals surface area contributed by atoms with Crippen LogP contribution in [0.3, 0.4) is 0 Å². The summed E-state index contributed by atoms with van der Waals surface area (Å²) in [6, 6.07) is 14.9. The molecule has 0 aliphatic heterocycles. The van der Waals surface area contributed by atoms with E-state index in [1.165, 1.54) is 24.3 Å². The second kappa shape index (κ2) is 8.43. The highest BCUT2D eigenvalue weighted by atomic mass is 32.2. The molecule has 0 heterocycles. The molecule has 2 aromatic rings. The van der Waals surface area contributed by atoms with Crippen molar-refractivity contribution < 1.29 is 18.3 Å². The molecule has 0 saturated heterocycles. The molecule has 6 nitrogen and oxygen atoms in total.